The molecular formula is C11H18F3N3O2. The molecule has 0 amide bonds. The van der Waals surface area contributed by atoms with Gasteiger partial charge in [-0.15, -0.1) is 0 Å². The molecule has 110 valence electrons. The molecule has 19 heavy (non-hydrogen) atoms. The predicted molar refractivity (Wildman–Crippen MR) is 61.5 cm³/mol. The molecule has 1 aromatic rings. The smallest absolute Gasteiger partial charge is 0.382 e. The second-order valence-corrected chi connectivity index (χ2v) is 4.82. The van der Waals surface area contributed by atoms with Gasteiger partial charge in [0.05, 0.1) is 6.04 Å². The van der Waals surface area contributed by atoms with Crippen LogP contribution in [0.5, 0.6) is 0 Å². The van der Waals surface area contributed by atoms with Gasteiger partial charge in [0.25, 0.3) is 0 Å². The van der Waals surface area contributed by atoms with Crippen molar-refractivity contribution in [1.82, 2.24) is 15.0 Å². The third-order valence-corrected chi connectivity index (χ3v) is 2.83. The highest BCUT2D eigenvalue weighted by Crippen LogP contribution is 2.24. The Morgan fingerprint density at radius 1 is 1.32 bits per heavy atom. The summed E-state index contributed by atoms with van der Waals surface area (Å²) in [5.41, 5.74) is 0. The van der Waals surface area contributed by atoms with Crippen LogP contribution in [-0.2, 0) is 0 Å². The minimum atomic E-state index is -4.63. The van der Waals surface area contributed by atoms with Gasteiger partial charge in [-0.05, 0) is 14.0 Å². The summed E-state index contributed by atoms with van der Waals surface area (Å²) in [4.78, 5) is 5.43. The number of hydrogen-bond acceptors (Lipinski definition) is 5. The van der Waals surface area contributed by atoms with Crippen molar-refractivity contribution in [3.8, 4) is 0 Å². The molecule has 0 aliphatic heterocycles. The highest BCUT2D eigenvalue weighted by atomic mass is 19.4. The number of likely N-dealkylation sites (N-methyl/N-ethyl adjacent to an activating group) is 1. The molecule has 0 saturated heterocycles. The predicted octanol–water partition coefficient (Wildman–Crippen LogP) is 2.11. The largest absolute Gasteiger partial charge is 0.415 e. The van der Waals surface area contributed by atoms with E-state index in [1.165, 1.54) is 11.9 Å². The highest BCUT2D eigenvalue weighted by Gasteiger charge is 2.39. The summed E-state index contributed by atoms with van der Waals surface area (Å²) in [7, 11) is 1.46. The van der Waals surface area contributed by atoms with Crippen molar-refractivity contribution in [2.45, 2.75) is 45.0 Å². The molecule has 2 unspecified atom stereocenters. The normalized spacial score (nSPS) is 16.1. The number of aromatic nitrogens is 2. The molecule has 0 saturated carbocycles. The number of aliphatic hydroxyl groups is 1. The van der Waals surface area contributed by atoms with E-state index in [0.717, 1.165) is 0 Å². The number of halogens is 3. The van der Waals surface area contributed by atoms with E-state index in [9.17, 15) is 13.2 Å². The number of hydrogen-bond donors (Lipinski definition) is 1. The Kier molecular flexibility index (Phi) is 4.92. The van der Waals surface area contributed by atoms with Crippen LogP contribution in [0.4, 0.5) is 13.2 Å². The standard InChI is InChI=1S/C11H18F3N3O2/c1-6(2)9-15-10(19-16-9)7(3)17(4)5-8(18)11(12,13)14/h6-8,18H,5H2,1-4H3. The maximum absolute atomic E-state index is 12.3. The molecule has 0 fully saturated rings. The Morgan fingerprint density at radius 3 is 2.32 bits per heavy atom. The molecule has 1 heterocycles. The minimum absolute atomic E-state index is 0.0794. The first-order valence-electron chi connectivity index (χ1n) is 5.91. The lowest BCUT2D eigenvalue weighted by Crippen LogP contribution is -2.40. The topological polar surface area (TPSA) is 62.4 Å². The lowest BCUT2D eigenvalue weighted by Gasteiger charge is -2.25. The van der Waals surface area contributed by atoms with E-state index < -0.39 is 24.9 Å². The van der Waals surface area contributed by atoms with Gasteiger partial charge in [0.1, 0.15) is 0 Å². The van der Waals surface area contributed by atoms with Crippen molar-refractivity contribution < 1.29 is 22.8 Å². The lowest BCUT2D eigenvalue weighted by molar-refractivity contribution is -0.208. The number of aliphatic hydroxyl groups excluding tert-OH is 1. The molecule has 0 aromatic carbocycles. The summed E-state index contributed by atoms with van der Waals surface area (Å²) in [6.45, 7) is 4.86. The van der Waals surface area contributed by atoms with Crippen LogP contribution in [0.1, 0.15) is 44.4 Å². The van der Waals surface area contributed by atoms with Gasteiger partial charge in [-0.1, -0.05) is 19.0 Å². The van der Waals surface area contributed by atoms with Crippen molar-refractivity contribution >= 4 is 0 Å². The monoisotopic (exact) mass is 281 g/mol. The van der Waals surface area contributed by atoms with Crippen molar-refractivity contribution in [1.29, 1.82) is 0 Å². The van der Waals surface area contributed by atoms with Gasteiger partial charge in [-0.3, -0.25) is 4.90 Å². The molecular weight excluding hydrogens is 263 g/mol. The van der Waals surface area contributed by atoms with E-state index in [-0.39, 0.29) is 11.8 Å². The molecule has 0 aliphatic rings. The van der Waals surface area contributed by atoms with E-state index in [4.69, 9.17) is 9.63 Å². The summed E-state index contributed by atoms with van der Waals surface area (Å²) in [5, 5.41) is 12.8. The van der Waals surface area contributed by atoms with Gasteiger partial charge in [0, 0.05) is 12.5 Å². The zero-order chi connectivity index (χ0) is 14.8. The molecule has 8 heteroatoms. The zero-order valence-electron chi connectivity index (χ0n) is 11.3. The lowest BCUT2D eigenvalue weighted by atomic mass is 10.2. The molecule has 2 atom stereocenters. The zero-order valence-corrected chi connectivity index (χ0v) is 11.3. The fourth-order valence-electron chi connectivity index (χ4n) is 1.37. The molecule has 1 rings (SSSR count). The SMILES string of the molecule is CC(C)c1noc(C(C)N(C)CC(O)C(F)(F)F)n1. The van der Waals surface area contributed by atoms with Crippen LogP contribution in [-0.4, -0.2) is 46.0 Å². The summed E-state index contributed by atoms with van der Waals surface area (Å²) >= 11 is 0. The van der Waals surface area contributed by atoms with E-state index in [2.05, 4.69) is 10.1 Å². The van der Waals surface area contributed by atoms with E-state index in [1.807, 2.05) is 13.8 Å². The average Bonchev–Trinajstić information content (AvgIpc) is 2.75. The van der Waals surface area contributed by atoms with E-state index in [0.29, 0.717) is 5.82 Å². The molecule has 0 radical (unpaired) electrons. The third-order valence-electron chi connectivity index (χ3n) is 2.83. The molecule has 0 spiro atoms. The summed E-state index contributed by atoms with van der Waals surface area (Å²) in [5.74, 6) is 0.822. The summed E-state index contributed by atoms with van der Waals surface area (Å²) in [6, 6.07) is -0.503. The van der Waals surface area contributed by atoms with Crippen LogP contribution in [0, 0.1) is 0 Å². The Bertz CT molecular complexity index is 406. The summed E-state index contributed by atoms with van der Waals surface area (Å²) < 4.78 is 41.8. The first-order valence-corrected chi connectivity index (χ1v) is 5.91. The van der Waals surface area contributed by atoms with Gasteiger partial charge < -0.3 is 9.63 Å². The van der Waals surface area contributed by atoms with Crippen LogP contribution in [0.2, 0.25) is 0 Å². The van der Waals surface area contributed by atoms with Crippen LogP contribution in [0.25, 0.3) is 0 Å². The quantitative estimate of drug-likeness (QED) is 0.895. The Balaban J connectivity index is 2.68. The number of rotatable bonds is 5. The van der Waals surface area contributed by atoms with Crippen LogP contribution >= 0.6 is 0 Å². The fraction of sp³-hybridized carbons (Fsp3) is 0.818. The maximum atomic E-state index is 12.3. The maximum Gasteiger partial charge on any atom is 0.415 e. The molecule has 1 N–H and O–H groups in total. The van der Waals surface area contributed by atoms with Crippen LogP contribution in [0.3, 0.4) is 0 Å². The summed E-state index contributed by atoms with van der Waals surface area (Å²) in [6.07, 6.45) is -7.03. The minimum Gasteiger partial charge on any atom is -0.382 e. The highest BCUT2D eigenvalue weighted by molar-refractivity contribution is 4.95. The first-order chi connectivity index (χ1) is 8.62. The van der Waals surface area contributed by atoms with Gasteiger partial charge in [-0.25, -0.2) is 0 Å². The van der Waals surface area contributed by atoms with Gasteiger partial charge in [0.15, 0.2) is 11.9 Å². The van der Waals surface area contributed by atoms with Crippen molar-refractivity contribution in [2.24, 2.45) is 0 Å². The molecule has 0 aliphatic carbocycles. The average molecular weight is 281 g/mol. The Hall–Kier alpha value is -1.15. The van der Waals surface area contributed by atoms with Crippen LogP contribution < -0.4 is 0 Å². The van der Waals surface area contributed by atoms with Crippen molar-refractivity contribution in [3.05, 3.63) is 11.7 Å². The Labute approximate surface area is 109 Å². The van der Waals surface area contributed by atoms with E-state index >= 15 is 0 Å². The second-order valence-electron chi connectivity index (χ2n) is 4.82. The fourth-order valence-corrected chi connectivity index (χ4v) is 1.37. The van der Waals surface area contributed by atoms with Gasteiger partial charge in [0.2, 0.25) is 5.89 Å². The number of alkyl halides is 3. The third kappa shape index (κ3) is 4.17. The second kappa shape index (κ2) is 5.87. The van der Waals surface area contributed by atoms with Gasteiger partial charge in [-0.2, -0.15) is 18.2 Å². The van der Waals surface area contributed by atoms with E-state index in [1.54, 1.807) is 6.92 Å². The molecule has 1 aromatic heterocycles. The van der Waals surface area contributed by atoms with Gasteiger partial charge >= 0.3 is 6.18 Å². The molecule has 0 bridgehead atoms. The molecule has 5 nitrogen and oxygen atoms in total. The van der Waals surface area contributed by atoms with Crippen LogP contribution in [0.15, 0.2) is 4.52 Å². The first kappa shape index (κ1) is 15.9. The van der Waals surface area contributed by atoms with Crippen molar-refractivity contribution in [3.63, 3.8) is 0 Å². The van der Waals surface area contributed by atoms with Crippen molar-refractivity contribution in [2.75, 3.05) is 13.6 Å². The Morgan fingerprint density at radius 2 is 1.89 bits per heavy atom. The number of nitrogens with zero attached hydrogens (tertiary/aromatic N) is 3.